The van der Waals surface area contributed by atoms with Gasteiger partial charge in [0.2, 0.25) is 0 Å². The summed E-state index contributed by atoms with van der Waals surface area (Å²) in [5, 5.41) is 0. The van der Waals surface area contributed by atoms with Gasteiger partial charge in [0.25, 0.3) is 0 Å². The maximum absolute atomic E-state index is 15.1. The first-order chi connectivity index (χ1) is 19.8. The van der Waals surface area contributed by atoms with Crippen LogP contribution in [0.5, 0.6) is 5.75 Å². The van der Waals surface area contributed by atoms with Crippen molar-refractivity contribution in [2.24, 2.45) is 0 Å². The molecule has 1 aromatic heterocycles. The SMILES string of the molecule is Cc1cnc(-c2ccc(-c3ccc(-c4cc(F)c(C(F)(F)Oc5cc(F)c(F)c(F)c5)c(F)c4)c(F)c3)c(F)c2)nc1. The van der Waals surface area contributed by atoms with Gasteiger partial charge in [-0.2, -0.15) is 8.78 Å². The lowest BCUT2D eigenvalue weighted by atomic mass is 9.97. The Morgan fingerprint density at radius 3 is 1.60 bits per heavy atom. The molecule has 42 heavy (non-hydrogen) atoms. The first-order valence-corrected chi connectivity index (χ1v) is 11.9. The van der Waals surface area contributed by atoms with Crippen LogP contribution >= 0.6 is 0 Å². The summed E-state index contributed by atoms with van der Waals surface area (Å²) < 4.78 is 133. The molecule has 214 valence electrons. The van der Waals surface area contributed by atoms with Crippen molar-refractivity contribution in [3.63, 3.8) is 0 Å². The number of rotatable bonds is 6. The molecule has 0 fully saturated rings. The second-order valence-electron chi connectivity index (χ2n) is 9.11. The molecule has 0 N–H and O–H groups in total. The van der Waals surface area contributed by atoms with Crippen molar-refractivity contribution in [2.75, 3.05) is 0 Å². The topological polar surface area (TPSA) is 35.0 Å². The van der Waals surface area contributed by atoms with Gasteiger partial charge in [0.1, 0.15) is 34.6 Å². The van der Waals surface area contributed by atoms with Gasteiger partial charge in [-0.1, -0.05) is 24.3 Å². The average Bonchev–Trinajstić information content (AvgIpc) is 2.91. The predicted octanol–water partition coefficient (Wildman–Crippen LogP) is 8.89. The first kappa shape index (κ1) is 28.7. The number of aryl methyl sites for hydroxylation is 1. The Labute approximate surface area is 231 Å². The van der Waals surface area contributed by atoms with Gasteiger partial charge >= 0.3 is 6.11 Å². The molecule has 4 aromatic carbocycles. The normalized spacial score (nSPS) is 11.6. The van der Waals surface area contributed by atoms with Gasteiger partial charge in [-0.25, -0.2) is 40.7 Å². The fourth-order valence-corrected chi connectivity index (χ4v) is 4.14. The van der Waals surface area contributed by atoms with E-state index in [1.807, 2.05) is 0 Å². The highest BCUT2D eigenvalue weighted by Crippen LogP contribution is 2.38. The van der Waals surface area contributed by atoms with Crippen molar-refractivity contribution in [2.45, 2.75) is 13.0 Å². The van der Waals surface area contributed by atoms with Crippen LogP contribution in [0.25, 0.3) is 33.6 Å². The highest BCUT2D eigenvalue weighted by molar-refractivity contribution is 5.73. The molecule has 0 amide bonds. The molecule has 0 unspecified atom stereocenters. The van der Waals surface area contributed by atoms with Crippen molar-refractivity contribution in [3.05, 3.63) is 125 Å². The Bertz CT molecular complexity index is 1780. The Balaban J connectivity index is 1.43. The Hall–Kier alpha value is -4.87. The standard InChI is InChI=1S/C30H15F9N2O/c1-14-12-40-29(41-13-14)16-3-5-19(22(32)7-16)15-2-4-20(21(31)6-15)17-8-23(33)27(24(34)9-17)30(38,39)42-18-10-25(35)28(37)26(36)11-18/h2-13H,1H3. The molecule has 0 saturated heterocycles. The molecular formula is C30H15F9N2O. The van der Waals surface area contributed by atoms with Gasteiger partial charge in [0, 0.05) is 41.2 Å². The second kappa shape index (κ2) is 10.8. The van der Waals surface area contributed by atoms with Gasteiger partial charge in [0.05, 0.1) is 0 Å². The maximum Gasteiger partial charge on any atom is 0.432 e. The molecule has 12 heteroatoms. The number of hydrogen-bond acceptors (Lipinski definition) is 3. The van der Waals surface area contributed by atoms with Crippen LogP contribution in [-0.2, 0) is 6.11 Å². The molecular weight excluding hydrogens is 575 g/mol. The predicted molar refractivity (Wildman–Crippen MR) is 134 cm³/mol. The van der Waals surface area contributed by atoms with E-state index in [0.717, 1.165) is 23.8 Å². The minimum absolute atomic E-state index is 0.00511. The third kappa shape index (κ3) is 5.52. The van der Waals surface area contributed by atoms with Crippen LogP contribution in [0.1, 0.15) is 11.1 Å². The van der Waals surface area contributed by atoms with E-state index in [0.29, 0.717) is 17.7 Å². The minimum atomic E-state index is -4.81. The van der Waals surface area contributed by atoms with Gasteiger partial charge in [0.15, 0.2) is 23.3 Å². The molecule has 1 heterocycles. The van der Waals surface area contributed by atoms with Gasteiger partial charge in [-0.3, -0.25) is 0 Å². The van der Waals surface area contributed by atoms with Crippen molar-refractivity contribution < 1.29 is 44.3 Å². The quantitative estimate of drug-likeness (QED) is 0.146. The van der Waals surface area contributed by atoms with Gasteiger partial charge < -0.3 is 4.74 Å². The molecule has 5 aromatic rings. The zero-order chi connectivity index (χ0) is 30.3. The molecule has 0 aliphatic heterocycles. The summed E-state index contributed by atoms with van der Waals surface area (Å²) in [4.78, 5) is 8.24. The van der Waals surface area contributed by atoms with E-state index in [4.69, 9.17) is 0 Å². The second-order valence-corrected chi connectivity index (χ2v) is 9.11. The van der Waals surface area contributed by atoms with Crippen LogP contribution in [-0.4, -0.2) is 9.97 Å². The molecule has 3 nitrogen and oxygen atoms in total. The lowest BCUT2D eigenvalue weighted by Crippen LogP contribution is -2.25. The summed E-state index contributed by atoms with van der Waals surface area (Å²) in [6.07, 6.45) is -1.69. The Morgan fingerprint density at radius 1 is 0.571 bits per heavy atom. The van der Waals surface area contributed by atoms with E-state index in [2.05, 4.69) is 14.7 Å². The van der Waals surface area contributed by atoms with Gasteiger partial charge in [-0.15, -0.1) is 0 Å². The van der Waals surface area contributed by atoms with Crippen LogP contribution in [0.15, 0.2) is 73.1 Å². The average molecular weight is 590 g/mol. The Morgan fingerprint density at radius 2 is 1.05 bits per heavy atom. The largest absolute Gasteiger partial charge is 0.432 e. The fraction of sp³-hybridized carbons (Fsp3) is 0.0667. The van der Waals surface area contributed by atoms with Crippen LogP contribution in [0.4, 0.5) is 39.5 Å². The van der Waals surface area contributed by atoms with Crippen LogP contribution < -0.4 is 4.74 Å². The zero-order valence-corrected chi connectivity index (χ0v) is 21.1. The van der Waals surface area contributed by atoms with Crippen molar-refractivity contribution >= 4 is 0 Å². The smallest absolute Gasteiger partial charge is 0.429 e. The van der Waals surface area contributed by atoms with E-state index >= 15 is 4.39 Å². The number of halogens is 9. The highest BCUT2D eigenvalue weighted by atomic mass is 19.3. The molecule has 0 spiro atoms. The first-order valence-electron chi connectivity index (χ1n) is 11.9. The summed E-state index contributed by atoms with van der Waals surface area (Å²) in [6, 6.07) is 8.23. The van der Waals surface area contributed by atoms with E-state index in [1.165, 1.54) is 18.2 Å². The minimum Gasteiger partial charge on any atom is -0.429 e. The van der Waals surface area contributed by atoms with Crippen LogP contribution in [0, 0.1) is 47.6 Å². The number of alkyl halides is 2. The van der Waals surface area contributed by atoms with E-state index in [1.54, 1.807) is 19.3 Å². The Kier molecular flexibility index (Phi) is 7.40. The molecule has 0 aliphatic rings. The monoisotopic (exact) mass is 590 g/mol. The highest BCUT2D eigenvalue weighted by Gasteiger charge is 2.41. The van der Waals surface area contributed by atoms with Crippen molar-refractivity contribution in [3.8, 4) is 39.4 Å². The summed E-state index contributed by atoms with van der Waals surface area (Å²) in [5.74, 6) is -12.2. The molecule has 0 radical (unpaired) electrons. The van der Waals surface area contributed by atoms with Crippen LogP contribution in [0.2, 0.25) is 0 Å². The summed E-state index contributed by atoms with van der Waals surface area (Å²) in [7, 11) is 0. The van der Waals surface area contributed by atoms with Gasteiger partial charge in [-0.05, 0) is 47.9 Å². The third-order valence-electron chi connectivity index (χ3n) is 6.14. The number of benzene rings is 4. The third-order valence-corrected chi connectivity index (χ3v) is 6.14. The number of nitrogens with zero attached hydrogens (tertiary/aromatic N) is 2. The van der Waals surface area contributed by atoms with E-state index in [-0.39, 0.29) is 29.1 Å². The molecule has 0 aliphatic carbocycles. The van der Waals surface area contributed by atoms with E-state index < -0.39 is 69.3 Å². The summed E-state index contributed by atoms with van der Waals surface area (Å²) in [6.45, 7) is 1.79. The van der Waals surface area contributed by atoms with Crippen molar-refractivity contribution in [1.29, 1.82) is 0 Å². The number of hydrogen-bond donors (Lipinski definition) is 0. The number of aromatic nitrogens is 2. The zero-order valence-electron chi connectivity index (χ0n) is 21.1. The fourth-order valence-electron chi connectivity index (χ4n) is 4.14. The van der Waals surface area contributed by atoms with Crippen molar-refractivity contribution in [1.82, 2.24) is 9.97 Å². The molecule has 0 atom stereocenters. The lowest BCUT2D eigenvalue weighted by Gasteiger charge is -2.20. The molecule has 0 saturated carbocycles. The maximum atomic E-state index is 15.1. The lowest BCUT2D eigenvalue weighted by molar-refractivity contribution is -0.189. The summed E-state index contributed by atoms with van der Waals surface area (Å²) >= 11 is 0. The molecule has 5 rings (SSSR count). The van der Waals surface area contributed by atoms with E-state index in [9.17, 15) is 35.1 Å². The van der Waals surface area contributed by atoms with Crippen LogP contribution in [0.3, 0.4) is 0 Å². The summed E-state index contributed by atoms with van der Waals surface area (Å²) in [5.41, 5.74) is -1.58. The number of ether oxygens (including phenoxy) is 1. The molecule has 0 bridgehead atoms.